The van der Waals surface area contributed by atoms with Crippen LogP contribution >= 0.6 is 0 Å². The number of hydrogen-bond donors (Lipinski definition) is 0. The van der Waals surface area contributed by atoms with Crippen LogP contribution in [0.5, 0.6) is 0 Å². The summed E-state index contributed by atoms with van der Waals surface area (Å²) in [6.45, 7) is 7.92. The largest absolute Gasteiger partial charge is 0.296 e. The Labute approximate surface area is 121 Å². The molecule has 1 aromatic rings. The predicted molar refractivity (Wildman–Crippen MR) is 81.0 cm³/mol. The van der Waals surface area contributed by atoms with Crippen molar-refractivity contribution in [2.24, 2.45) is 0 Å². The molecule has 1 amide bonds. The first-order valence-electron chi connectivity index (χ1n) is 7.56. The molecule has 1 aromatic carbocycles. The molecule has 0 aliphatic carbocycles. The SMILES string of the molecule is CCCCN(C=O)N1CCN(Cc2ccccc2)CC1. The van der Waals surface area contributed by atoms with Gasteiger partial charge in [-0.2, -0.15) is 0 Å². The monoisotopic (exact) mass is 275 g/mol. The van der Waals surface area contributed by atoms with Crippen molar-refractivity contribution in [3.05, 3.63) is 35.9 Å². The van der Waals surface area contributed by atoms with Gasteiger partial charge in [0.05, 0.1) is 0 Å². The molecule has 0 aromatic heterocycles. The molecule has 1 aliphatic heterocycles. The van der Waals surface area contributed by atoms with Crippen LogP contribution in [0, 0.1) is 0 Å². The van der Waals surface area contributed by atoms with Gasteiger partial charge in [0.15, 0.2) is 0 Å². The van der Waals surface area contributed by atoms with Gasteiger partial charge in [-0.15, -0.1) is 0 Å². The maximum Gasteiger partial charge on any atom is 0.224 e. The van der Waals surface area contributed by atoms with Crippen LogP contribution in [0.2, 0.25) is 0 Å². The smallest absolute Gasteiger partial charge is 0.224 e. The number of rotatable bonds is 7. The molecule has 0 atom stereocenters. The molecular formula is C16H25N3O. The second kappa shape index (κ2) is 8.02. The van der Waals surface area contributed by atoms with Crippen molar-refractivity contribution in [2.45, 2.75) is 26.3 Å². The highest BCUT2D eigenvalue weighted by molar-refractivity contribution is 5.46. The summed E-state index contributed by atoms with van der Waals surface area (Å²) in [6, 6.07) is 10.6. The summed E-state index contributed by atoms with van der Waals surface area (Å²) < 4.78 is 0. The summed E-state index contributed by atoms with van der Waals surface area (Å²) >= 11 is 0. The molecule has 4 heteroatoms. The second-order valence-corrected chi connectivity index (χ2v) is 5.34. The van der Waals surface area contributed by atoms with E-state index in [2.05, 4.69) is 47.2 Å². The molecule has 1 heterocycles. The fourth-order valence-electron chi connectivity index (χ4n) is 2.57. The zero-order chi connectivity index (χ0) is 14.2. The molecule has 20 heavy (non-hydrogen) atoms. The van der Waals surface area contributed by atoms with Crippen molar-refractivity contribution in [2.75, 3.05) is 32.7 Å². The van der Waals surface area contributed by atoms with Crippen LogP contribution in [0.1, 0.15) is 25.3 Å². The summed E-state index contributed by atoms with van der Waals surface area (Å²) in [5, 5.41) is 4.04. The lowest BCUT2D eigenvalue weighted by Gasteiger charge is -2.39. The molecule has 0 saturated carbocycles. The van der Waals surface area contributed by atoms with Gasteiger partial charge < -0.3 is 0 Å². The first-order valence-corrected chi connectivity index (χ1v) is 7.56. The van der Waals surface area contributed by atoms with Crippen LogP contribution in [-0.4, -0.2) is 54.1 Å². The summed E-state index contributed by atoms with van der Waals surface area (Å²) in [6.07, 6.45) is 3.17. The number of piperazine rings is 1. The Morgan fingerprint density at radius 2 is 1.85 bits per heavy atom. The maximum atomic E-state index is 11.2. The van der Waals surface area contributed by atoms with E-state index in [1.54, 1.807) is 0 Å². The van der Waals surface area contributed by atoms with Gasteiger partial charge in [-0.05, 0) is 12.0 Å². The summed E-state index contributed by atoms with van der Waals surface area (Å²) in [5.74, 6) is 0. The molecule has 4 nitrogen and oxygen atoms in total. The number of hydrazine groups is 1. The van der Waals surface area contributed by atoms with E-state index in [-0.39, 0.29) is 0 Å². The Hall–Kier alpha value is -1.39. The minimum absolute atomic E-state index is 0.846. The van der Waals surface area contributed by atoms with Crippen LogP contribution in [0.4, 0.5) is 0 Å². The third-order valence-corrected chi connectivity index (χ3v) is 3.82. The third-order valence-electron chi connectivity index (χ3n) is 3.82. The molecule has 0 unspecified atom stereocenters. The molecule has 1 aliphatic rings. The van der Waals surface area contributed by atoms with Crippen LogP contribution in [0.15, 0.2) is 30.3 Å². The van der Waals surface area contributed by atoms with Crippen molar-refractivity contribution < 1.29 is 4.79 Å². The normalized spacial score (nSPS) is 17.1. The molecular weight excluding hydrogens is 250 g/mol. The Morgan fingerprint density at radius 1 is 1.15 bits per heavy atom. The zero-order valence-corrected chi connectivity index (χ0v) is 12.4. The van der Waals surface area contributed by atoms with E-state index in [1.807, 2.05) is 5.01 Å². The highest BCUT2D eigenvalue weighted by Gasteiger charge is 2.20. The van der Waals surface area contributed by atoms with Gasteiger partial charge in [-0.3, -0.25) is 14.7 Å². The van der Waals surface area contributed by atoms with E-state index in [9.17, 15) is 4.79 Å². The van der Waals surface area contributed by atoms with Gasteiger partial charge in [-0.1, -0.05) is 43.7 Å². The van der Waals surface area contributed by atoms with Crippen molar-refractivity contribution in [1.82, 2.24) is 14.9 Å². The Balaban J connectivity index is 1.78. The van der Waals surface area contributed by atoms with Gasteiger partial charge in [-0.25, -0.2) is 5.01 Å². The van der Waals surface area contributed by atoms with E-state index in [1.165, 1.54) is 5.56 Å². The van der Waals surface area contributed by atoms with Gasteiger partial charge >= 0.3 is 0 Å². The number of unbranched alkanes of at least 4 members (excludes halogenated alkanes) is 1. The zero-order valence-electron chi connectivity index (χ0n) is 12.4. The lowest BCUT2D eigenvalue weighted by Crippen LogP contribution is -2.53. The molecule has 0 bridgehead atoms. The molecule has 1 fully saturated rings. The van der Waals surface area contributed by atoms with Crippen LogP contribution in [0.25, 0.3) is 0 Å². The molecule has 110 valence electrons. The molecule has 0 N–H and O–H groups in total. The van der Waals surface area contributed by atoms with E-state index >= 15 is 0 Å². The Morgan fingerprint density at radius 3 is 2.45 bits per heavy atom. The van der Waals surface area contributed by atoms with Crippen LogP contribution in [-0.2, 0) is 11.3 Å². The van der Waals surface area contributed by atoms with Crippen molar-refractivity contribution in [3.8, 4) is 0 Å². The van der Waals surface area contributed by atoms with Crippen molar-refractivity contribution >= 4 is 6.41 Å². The lowest BCUT2D eigenvalue weighted by atomic mass is 10.2. The molecule has 0 radical (unpaired) electrons. The van der Waals surface area contributed by atoms with Gasteiger partial charge in [0, 0.05) is 39.3 Å². The lowest BCUT2D eigenvalue weighted by molar-refractivity contribution is -0.138. The first-order chi connectivity index (χ1) is 9.83. The summed E-state index contributed by atoms with van der Waals surface area (Å²) in [7, 11) is 0. The molecule has 1 saturated heterocycles. The van der Waals surface area contributed by atoms with Crippen molar-refractivity contribution in [1.29, 1.82) is 0 Å². The number of benzene rings is 1. The number of carbonyl (C=O) groups is 1. The minimum Gasteiger partial charge on any atom is -0.296 e. The quantitative estimate of drug-likeness (QED) is 0.712. The van der Waals surface area contributed by atoms with Gasteiger partial charge in [0.25, 0.3) is 0 Å². The third kappa shape index (κ3) is 4.32. The second-order valence-electron chi connectivity index (χ2n) is 5.34. The highest BCUT2D eigenvalue weighted by Crippen LogP contribution is 2.10. The molecule has 0 spiro atoms. The minimum atomic E-state index is 0.846. The Bertz CT molecular complexity index is 388. The number of nitrogens with zero attached hydrogens (tertiary/aromatic N) is 3. The van der Waals surface area contributed by atoms with Crippen LogP contribution < -0.4 is 0 Å². The highest BCUT2D eigenvalue weighted by atomic mass is 16.1. The van der Waals surface area contributed by atoms with Crippen LogP contribution in [0.3, 0.4) is 0 Å². The average molecular weight is 275 g/mol. The Kier molecular flexibility index (Phi) is 6.02. The van der Waals surface area contributed by atoms with Gasteiger partial charge in [0.2, 0.25) is 6.41 Å². The standard InChI is InChI=1S/C16H25N3O/c1-2-3-9-19(15-20)18-12-10-17(11-13-18)14-16-7-5-4-6-8-16/h4-8,15H,2-3,9-14H2,1H3. The number of hydrogen-bond acceptors (Lipinski definition) is 3. The fraction of sp³-hybridized carbons (Fsp3) is 0.562. The van der Waals surface area contributed by atoms with E-state index in [4.69, 9.17) is 0 Å². The van der Waals surface area contributed by atoms with Gasteiger partial charge in [0.1, 0.15) is 0 Å². The van der Waals surface area contributed by atoms with E-state index in [0.717, 1.165) is 58.5 Å². The summed E-state index contributed by atoms with van der Waals surface area (Å²) in [5.41, 5.74) is 1.36. The number of amides is 1. The fourth-order valence-corrected chi connectivity index (χ4v) is 2.57. The number of carbonyl (C=O) groups excluding carboxylic acids is 1. The van der Waals surface area contributed by atoms with E-state index in [0.29, 0.717) is 0 Å². The predicted octanol–water partition coefficient (Wildman–Crippen LogP) is 1.98. The van der Waals surface area contributed by atoms with E-state index < -0.39 is 0 Å². The maximum absolute atomic E-state index is 11.2. The van der Waals surface area contributed by atoms with Crippen molar-refractivity contribution in [3.63, 3.8) is 0 Å². The average Bonchev–Trinajstić information content (AvgIpc) is 2.50. The first kappa shape index (κ1) is 15.0. The molecule has 2 rings (SSSR count). The summed E-state index contributed by atoms with van der Waals surface area (Å²) in [4.78, 5) is 13.6. The topological polar surface area (TPSA) is 26.8 Å².